The third kappa shape index (κ3) is 4.81. The molecule has 0 saturated carbocycles. The van der Waals surface area contributed by atoms with Crippen LogP contribution in [0, 0.1) is 6.92 Å². The highest BCUT2D eigenvalue weighted by Gasteiger charge is 2.29. The van der Waals surface area contributed by atoms with Gasteiger partial charge in [0.05, 0.1) is 18.0 Å². The van der Waals surface area contributed by atoms with Crippen LogP contribution in [0.2, 0.25) is 0 Å². The quantitative estimate of drug-likeness (QED) is 0.690. The van der Waals surface area contributed by atoms with Gasteiger partial charge in [-0.2, -0.15) is 13.2 Å². The molecule has 27 heavy (non-hydrogen) atoms. The average molecular weight is 372 g/mol. The van der Waals surface area contributed by atoms with Crippen LogP contribution in [-0.4, -0.2) is 15.9 Å². The molecule has 1 heterocycles. The molecule has 2 aromatic carbocycles. The summed E-state index contributed by atoms with van der Waals surface area (Å²) in [7, 11) is 0. The highest BCUT2D eigenvalue weighted by atomic mass is 19.4. The molecule has 0 saturated heterocycles. The van der Waals surface area contributed by atoms with Gasteiger partial charge in [0.25, 0.3) is 5.91 Å². The Morgan fingerprint density at radius 3 is 2.07 bits per heavy atom. The van der Waals surface area contributed by atoms with Crippen molar-refractivity contribution in [3.63, 3.8) is 0 Å². The Hall–Kier alpha value is -3.42. The van der Waals surface area contributed by atoms with E-state index in [2.05, 4.69) is 20.6 Å². The lowest BCUT2D eigenvalue weighted by molar-refractivity contribution is -0.137. The third-order valence-corrected chi connectivity index (χ3v) is 3.68. The molecule has 8 heteroatoms. The lowest BCUT2D eigenvalue weighted by atomic mass is 10.2. The molecule has 1 amide bonds. The van der Waals surface area contributed by atoms with E-state index < -0.39 is 17.6 Å². The Morgan fingerprint density at radius 1 is 0.889 bits per heavy atom. The number of halogens is 3. The van der Waals surface area contributed by atoms with Crippen molar-refractivity contribution in [2.45, 2.75) is 13.1 Å². The molecule has 0 radical (unpaired) electrons. The van der Waals surface area contributed by atoms with Crippen LogP contribution >= 0.6 is 0 Å². The monoisotopic (exact) mass is 372 g/mol. The largest absolute Gasteiger partial charge is 0.416 e. The molecule has 0 unspecified atom stereocenters. The SMILES string of the molecule is Cc1ccc(NC(=O)c2cnc(Nc3ccc(C(F)(F)F)cc3)cn2)cc1. The molecule has 3 rings (SSSR count). The number of carbonyl (C=O) groups excluding carboxylic acids is 1. The molecular formula is C19H15F3N4O. The van der Waals surface area contributed by atoms with Gasteiger partial charge in [0.2, 0.25) is 0 Å². The van der Waals surface area contributed by atoms with Gasteiger partial charge in [0.15, 0.2) is 0 Å². The zero-order valence-electron chi connectivity index (χ0n) is 14.2. The standard InChI is InChI=1S/C19H15F3N4O/c1-12-2-6-15(7-3-12)26-18(27)16-10-24-17(11-23-16)25-14-8-4-13(5-9-14)19(20,21)22/h2-11H,1H3,(H,24,25)(H,26,27). The van der Waals surface area contributed by atoms with Gasteiger partial charge in [-0.25, -0.2) is 9.97 Å². The molecule has 0 atom stereocenters. The maximum Gasteiger partial charge on any atom is 0.416 e. The van der Waals surface area contributed by atoms with Crippen LogP contribution in [-0.2, 0) is 6.18 Å². The molecular weight excluding hydrogens is 357 g/mol. The highest BCUT2D eigenvalue weighted by molar-refractivity contribution is 6.02. The smallest absolute Gasteiger partial charge is 0.339 e. The molecule has 0 aliphatic rings. The summed E-state index contributed by atoms with van der Waals surface area (Å²) in [5, 5.41) is 5.54. The summed E-state index contributed by atoms with van der Waals surface area (Å²) in [6.07, 6.45) is -1.76. The second-order valence-corrected chi connectivity index (χ2v) is 5.81. The predicted molar refractivity (Wildman–Crippen MR) is 95.9 cm³/mol. The Bertz CT molecular complexity index is 921. The van der Waals surface area contributed by atoms with Gasteiger partial charge in [0.1, 0.15) is 11.5 Å². The molecule has 0 spiro atoms. The lowest BCUT2D eigenvalue weighted by Gasteiger charge is -2.09. The summed E-state index contributed by atoms with van der Waals surface area (Å²) in [4.78, 5) is 20.3. The van der Waals surface area contributed by atoms with Gasteiger partial charge >= 0.3 is 6.18 Å². The van der Waals surface area contributed by atoms with Crippen molar-refractivity contribution in [1.82, 2.24) is 9.97 Å². The summed E-state index contributed by atoms with van der Waals surface area (Å²) >= 11 is 0. The Balaban J connectivity index is 1.64. The Kier molecular flexibility index (Phi) is 5.07. The fourth-order valence-electron chi connectivity index (χ4n) is 2.23. The van der Waals surface area contributed by atoms with E-state index in [4.69, 9.17) is 0 Å². The molecule has 138 valence electrons. The lowest BCUT2D eigenvalue weighted by Crippen LogP contribution is -2.14. The number of nitrogens with one attached hydrogen (secondary N) is 2. The number of alkyl halides is 3. The van der Waals surface area contributed by atoms with Gasteiger partial charge in [-0.1, -0.05) is 17.7 Å². The van der Waals surface area contributed by atoms with E-state index >= 15 is 0 Å². The van der Waals surface area contributed by atoms with Crippen LogP contribution in [0.1, 0.15) is 21.6 Å². The predicted octanol–water partition coefficient (Wildman–Crippen LogP) is 4.80. The number of hydrogen-bond donors (Lipinski definition) is 2. The minimum Gasteiger partial charge on any atom is -0.339 e. The summed E-state index contributed by atoms with van der Waals surface area (Å²) in [6, 6.07) is 11.8. The van der Waals surface area contributed by atoms with Crippen molar-refractivity contribution in [3.8, 4) is 0 Å². The Labute approximate surface area is 153 Å². The molecule has 1 aromatic heterocycles. The van der Waals surface area contributed by atoms with Gasteiger partial charge in [-0.05, 0) is 43.3 Å². The van der Waals surface area contributed by atoms with Crippen molar-refractivity contribution in [1.29, 1.82) is 0 Å². The fourth-order valence-corrected chi connectivity index (χ4v) is 2.23. The zero-order chi connectivity index (χ0) is 19.4. The van der Waals surface area contributed by atoms with E-state index in [1.165, 1.54) is 24.5 Å². The van der Waals surface area contributed by atoms with E-state index in [-0.39, 0.29) is 5.69 Å². The third-order valence-electron chi connectivity index (χ3n) is 3.68. The maximum absolute atomic E-state index is 12.6. The first kappa shape index (κ1) is 18.4. The molecule has 0 aliphatic carbocycles. The van der Waals surface area contributed by atoms with E-state index in [0.29, 0.717) is 17.2 Å². The number of anilines is 3. The van der Waals surface area contributed by atoms with Crippen molar-refractivity contribution in [2.75, 3.05) is 10.6 Å². The first-order valence-corrected chi connectivity index (χ1v) is 7.95. The number of nitrogens with zero attached hydrogens (tertiary/aromatic N) is 2. The molecule has 5 nitrogen and oxygen atoms in total. The minimum absolute atomic E-state index is 0.119. The average Bonchev–Trinajstić information content (AvgIpc) is 2.64. The van der Waals surface area contributed by atoms with Crippen molar-refractivity contribution in [2.24, 2.45) is 0 Å². The van der Waals surface area contributed by atoms with Gasteiger partial charge in [-0.3, -0.25) is 4.79 Å². The second-order valence-electron chi connectivity index (χ2n) is 5.81. The first-order chi connectivity index (χ1) is 12.8. The number of rotatable bonds is 4. The Morgan fingerprint density at radius 2 is 1.52 bits per heavy atom. The number of aromatic nitrogens is 2. The molecule has 0 fully saturated rings. The van der Waals surface area contributed by atoms with Crippen molar-refractivity contribution in [3.05, 3.63) is 77.7 Å². The highest BCUT2D eigenvalue weighted by Crippen LogP contribution is 2.30. The summed E-state index contributed by atoms with van der Waals surface area (Å²) in [6.45, 7) is 1.94. The first-order valence-electron chi connectivity index (χ1n) is 7.95. The summed E-state index contributed by atoms with van der Waals surface area (Å²) < 4.78 is 37.7. The number of carbonyl (C=O) groups is 1. The van der Waals surface area contributed by atoms with E-state index in [9.17, 15) is 18.0 Å². The summed E-state index contributed by atoms with van der Waals surface area (Å²) in [5.74, 6) is -0.103. The van der Waals surface area contributed by atoms with Gasteiger partial charge < -0.3 is 10.6 Å². The van der Waals surface area contributed by atoms with Crippen LogP contribution in [0.3, 0.4) is 0 Å². The maximum atomic E-state index is 12.6. The normalized spacial score (nSPS) is 11.1. The van der Waals surface area contributed by atoms with E-state index in [0.717, 1.165) is 17.7 Å². The summed E-state index contributed by atoms with van der Waals surface area (Å²) in [5.41, 5.74) is 1.52. The second kappa shape index (κ2) is 7.45. The van der Waals surface area contributed by atoms with E-state index in [1.54, 1.807) is 12.1 Å². The van der Waals surface area contributed by atoms with Crippen molar-refractivity contribution >= 4 is 23.1 Å². The van der Waals surface area contributed by atoms with Crippen LogP contribution in [0.15, 0.2) is 60.9 Å². The van der Waals surface area contributed by atoms with Crippen LogP contribution in [0.4, 0.5) is 30.4 Å². The number of amides is 1. The van der Waals surface area contributed by atoms with Crippen LogP contribution in [0.5, 0.6) is 0 Å². The molecule has 0 aliphatic heterocycles. The van der Waals surface area contributed by atoms with Crippen LogP contribution in [0.25, 0.3) is 0 Å². The topological polar surface area (TPSA) is 66.9 Å². The number of benzene rings is 2. The van der Waals surface area contributed by atoms with Gasteiger partial charge in [-0.15, -0.1) is 0 Å². The molecule has 0 bridgehead atoms. The van der Waals surface area contributed by atoms with E-state index in [1.807, 2.05) is 19.1 Å². The fraction of sp³-hybridized carbons (Fsp3) is 0.105. The molecule has 3 aromatic rings. The number of aryl methyl sites for hydroxylation is 1. The zero-order valence-corrected chi connectivity index (χ0v) is 14.2. The van der Waals surface area contributed by atoms with Gasteiger partial charge in [0, 0.05) is 11.4 Å². The molecule has 2 N–H and O–H groups in total. The minimum atomic E-state index is -4.38. The van der Waals surface area contributed by atoms with Crippen molar-refractivity contribution < 1.29 is 18.0 Å². The number of hydrogen-bond acceptors (Lipinski definition) is 4. The van der Waals surface area contributed by atoms with Crippen LogP contribution < -0.4 is 10.6 Å².